The van der Waals surface area contributed by atoms with Crippen LogP contribution in [0, 0.1) is 5.92 Å². The van der Waals surface area contributed by atoms with Crippen LogP contribution in [-0.2, 0) is 11.3 Å². The van der Waals surface area contributed by atoms with Gasteiger partial charge in [-0.25, -0.2) is 0 Å². The van der Waals surface area contributed by atoms with Crippen LogP contribution in [0.25, 0.3) is 0 Å². The first-order valence-corrected chi connectivity index (χ1v) is 7.37. The lowest BCUT2D eigenvalue weighted by atomic mass is 10.2. The van der Waals surface area contributed by atoms with Crippen molar-refractivity contribution in [1.29, 1.82) is 0 Å². The Morgan fingerprint density at radius 3 is 2.33 bits per heavy atom. The Bertz CT molecular complexity index is 471. The third kappa shape index (κ3) is 6.99. The summed E-state index contributed by atoms with van der Waals surface area (Å²) in [6, 6.07) is 7.64. The average molecular weight is 311 g/mol. The van der Waals surface area contributed by atoms with Gasteiger partial charge in [0.1, 0.15) is 0 Å². The molecule has 0 heterocycles. The fourth-order valence-corrected chi connectivity index (χ4v) is 1.71. The molecular weight excluding hydrogens is 288 g/mol. The zero-order valence-electron chi connectivity index (χ0n) is 12.7. The predicted octanol–water partition coefficient (Wildman–Crippen LogP) is 1.78. The van der Waals surface area contributed by atoms with E-state index >= 15 is 0 Å². The molecule has 0 atom stereocenters. The average Bonchev–Trinajstić information content (AvgIpc) is 2.47. The molecule has 1 aromatic rings. The van der Waals surface area contributed by atoms with Gasteiger partial charge in [-0.3, -0.25) is 9.79 Å². The molecule has 0 saturated heterocycles. The van der Waals surface area contributed by atoms with Gasteiger partial charge in [-0.15, -0.1) is 0 Å². The smallest absolute Gasteiger partial charge is 0.222 e. The zero-order valence-corrected chi connectivity index (χ0v) is 13.5. The Hall–Kier alpha value is -1.75. The number of aliphatic imine (C=N–C) groups is 1. The molecule has 0 radical (unpaired) electrons. The Morgan fingerprint density at radius 1 is 1.14 bits per heavy atom. The minimum Gasteiger partial charge on any atom is -0.355 e. The van der Waals surface area contributed by atoms with Crippen LogP contribution in [0.2, 0.25) is 5.02 Å². The number of benzene rings is 1. The number of rotatable bonds is 6. The van der Waals surface area contributed by atoms with E-state index in [2.05, 4.69) is 20.9 Å². The second-order valence-corrected chi connectivity index (χ2v) is 5.36. The first-order valence-electron chi connectivity index (χ1n) is 6.99. The molecule has 0 aromatic heterocycles. The molecule has 5 nitrogen and oxygen atoms in total. The maximum absolute atomic E-state index is 11.4. The van der Waals surface area contributed by atoms with Gasteiger partial charge < -0.3 is 16.0 Å². The number of amides is 1. The van der Waals surface area contributed by atoms with Gasteiger partial charge in [-0.05, 0) is 17.7 Å². The number of halogens is 1. The topological polar surface area (TPSA) is 65.5 Å². The zero-order chi connectivity index (χ0) is 15.7. The highest BCUT2D eigenvalue weighted by atomic mass is 35.5. The summed E-state index contributed by atoms with van der Waals surface area (Å²) in [7, 11) is 1.71. The fourth-order valence-electron chi connectivity index (χ4n) is 1.58. The number of guanidine groups is 1. The summed E-state index contributed by atoms with van der Waals surface area (Å²) in [4.78, 5) is 15.5. The molecule has 0 fully saturated rings. The molecule has 1 rings (SSSR count). The van der Waals surface area contributed by atoms with E-state index < -0.39 is 0 Å². The quantitative estimate of drug-likeness (QED) is 0.426. The summed E-state index contributed by atoms with van der Waals surface area (Å²) >= 11 is 5.84. The molecule has 0 aliphatic heterocycles. The van der Waals surface area contributed by atoms with Crippen LogP contribution in [-0.4, -0.2) is 32.0 Å². The summed E-state index contributed by atoms with van der Waals surface area (Å²) in [5.41, 5.74) is 1.12. The van der Waals surface area contributed by atoms with Crippen LogP contribution < -0.4 is 16.0 Å². The summed E-state index contributed by atoms with van der Waals surface area (Å²) in [6.45, 7) is 5.59. The van der Waals surface area contributed by atoms with Crippen molar-refractivity contribution in [2.75, 3.05) is 20.1 Å². The Balaban J connectivity index is 2.26. The number of hydrogen-bond acceptors (Lipinski definition) is 2. The van der Waals surface area contributed by atoms with Crippen molar-refractivity contribution >= 4 is 23.5 Å². The van der Waals surface area contributed by atoms with E-state index in [9.17, 15) is 4.79 Å². The third-order valence-electron chi connectivity index (χ3n) is 2.84. The highest BCUT2D eigenvalue weighted by molar-refractivity contribution is 6.30. The highest BCUT2D eigenvalue weighted by Crippen LogP contribution is 2.08. The van der Waals surface area contributed by atoms with Crippen LogP contribution >= 0.6 is 11.6 Å². The molecule has 116 valence electrons. The monoisotopic (exact) mass is 310 g/mol. The fraction of sp³-hybridized carbons (Fsp3) is 0.467. The minimum atomic E-state index is 0.00680. The summed E-state index contributed by atoms with van der Waals surface area (Å²) in [5, 5.41) is 9.91. The molecule has 6 heteroatoms. The van der Waals surface area contributed by atoms with E-state index in [0.29, 0.717) is 25.6 Å². The second kappa shape index (κ2) is 9.23. The van der Waals surface area contributed by atoms with E-state index in [0.717, 1.165) is 10.6 Å². The van der Waals surface area contributed by atoms with Crippen molar-refractivity contribution in [3.05, 3.63) is 34.9 Å². The molecule has 0 bridgehead atoms. The van der Waals surface area contributed by atoms with Gasteiger partial charge in [-0.1, -0.05) is 37.6 Å². The normalized spacial score (nSPS) is 11.4. The minimum absolute atomic E-state index is 0.00680. The molecule has 21 heavy (non-hydrogen) atoms. The van der Waals surface area contributed by atoms with Gasteiger partial charge in [0.15, 0.2) is 5.96 Å². The standard InChI is InChI=1S/C15H23ClN4O/c1-11(2)14(21)18-8-9-19-15(17-3)20-10-12-4-6-13(16)7-5-12/h4-7,11H,8-10H2,1-3H3,(H,18,21)(H2,17,19,20). The maximum Gasteiger partial charge on any atom is 0.222 e. The van der Waals surface area contributed by atoms with Crippen molar-refractivity contribution < 1.29 is 4.79 Å². The molecule has 0 aliphatic carbocycles. The molecule has 1 aromatic carbocycles. The lowest BCUT2D eigenvalue weighted by Gasteiger charge is -2.13. The summed E-state index contributed by atoms with van der Waals surface area (Å²) < 4.78 is 0. The SMILES string of the molecule is CN=C(NCCNC(=O)C(C)C)NCc1ccc(Cl)cc1. The Morgan fingerprint density at radius 2 is 1.76 bits per heavy atom. The lowest BCUT2D eigenvalue weighted by Crippen LogP contribution is -2.41. The number of nitrogens with zero attached hydrogens (tertiary/aromatic N) is 1. The lowest BCUT2D eigenvalue weighted by molar-refractivity contribution is -0.123. The van der Waals surface area contributed by atoms with E-state index in [1.807, 2.05) is 38.1 Å². The first kappa shape index (κ1) is 17.3. The van der Waals surface area contributed by atoms with Gasteiger partial charge in [-0.2, -0.15) is 0 Å². The molecular formula is C15H23ClN4O. The Kier molecular flexibility index (Phi) is 7.61. The van der Waals surface area contributed by atoms with E-state index in [-0.39, 0.29) is 11.8 Å². The van der Waals surface area contributed by atoms with Crippen LogP contribution in [0.3, 0.4) is 0 Å². The molecule has 0 spiro atoms. The van der Waals surface area contributed by atoms with Gasteiger partial charge in [0.25, 0.3) is 0 Å². The van der Waals surface area contributed by atoms with Gasteiger partial charge in [0, 0.05) is 37.6 Å². The van der Waals surface area contributed by atoms with Crippen LogP contribution in [0.4, 0.5) is 0 Å². The van der Waals surface area contributed by atoms with Crippen molar-refractivity contribution in [2.45, 2.75) is 20.4 Å². The molecule has 3 N–H and O–H groups in total. The van der Waals surface area contributed by atoms with E-state index in [4.69, 9.17) is 11.6 Å². The molecule has 0 unspecified atom stereocenters. The highest BCUT2D eigenvalue weighted by Gasteiger charge is 2.05. The number of hydrogen-bond donors (Lipinski definition) is 3. The molecule has 0 saturated carbocycles. The van der Waals surface area contributed by atoms with Crippen molar-refractivity contribution in [2.24, 2.45) is 10.9 Å². The molecule has 1 amide bonds. The van der Waals surface area contributed by atoms with Crippen LogP contribution in [0.15, 0.2) is 29.3 Å². The van der Waals surface area contributed by atoms with Gasteiger partial charge in [0.05, 0.1) is 0 Å². The third-order valence-corrected chi connectivity index (χ3v) is 3.09. The van der Waals surface area contributed by atoms with E-state index in [1.54, 1.807) is 7.05 Å². The second-order valence-electron chi connectivity index (χ2n) is 4.92. The Labute approximate surface area is 131 Å². The largest absolute Gasteiger partial charge is 0.355 e. The predicted molar refractivity (Wildman–Crippen MR) is 87.5 cm³/mol. The van der Waals surface area contributed by atoms with Crippen LogP contribution in [0.5, 0.6) is 0 Å². The van der Waals surface area contributed by atoms with Gasteiger partial charge >= 0.3 is 0 Å². The number of carbonyl (C=O) groups excluding carboxylic acids is 1. The number of carbonyl (C=O) groups is 1. The first-order chi connectivity index (χ1) is 10.0. The van der Waals surface area contributed by atoms with Gasteiger partial charge in [0.2, 0.25) is 5.91 Å². The maximum atomic E-state index is 11.4. The van der Waals surface area contributed by atoms with Crippen LogP contribution in [0.1, 0.15) is 19.4 Å². The summed E-state index contributed by atoms with van der Waals surface area (Å²) in [6.07, 6.45) is 0. The van der Waals surface area contributed by atoms with E-state index in [1.165, 1.54) is 0 Å². The number of nitrogens with one attached hydrogen (secondary N) is 3. The van der Waals surface area contributed by atoms with Crippen molar-refractivity contribution in [3.8, 4) is 0 Å². The molecule has 0 aliphatic rings. The summed E-state index contributed by atoms with van der Waals surface area (Å²) in [5.74, 6) is 0.761. The van der Waals surface area contributed by atoms with Crippen molar-refractivity contribution in [3.63, 3.8) is 0 Å². The van der Waals surface area contributed by atoms with Crippen molar-refractivity contribution in [1.82, 2.24) is 16.0 Å².